The molecule has 3 nitrogen and oxygen atoms in total. The van der Waals surface area contributed by atoms with Gasteiger partial charge in [0.25, 0.3) is 5.91 Å². The Morgan fingerprint density at radius 2 is 1.87 bits per heavy atom. The number of hydrogen-bond donors (Lipinski definition) is 2. The molecule has 0 aliphatic carbocycles. The minimum atomic E-state index is -0.964. The van der Waals surface area contributed by atoms with Crippen molar-refractivity contribution >= 4 is 27.5 Å². The molecule has 1 unspecified atom stereocenters. The number of anilines is 1. The predicted octanol–water partition coefficient (Wildman–Crippen LogP) is 2.40. The lowest BCUT2D eigenvalue weighted by Crippen LogP contribution is -2.31. The number of carbonyl (C=O) groups excluding carboxylic acids is 1. The van der Waals surface area contributed by atoms with Gasteiger partial charge in [-0.25, -0.2) is 0 Å². The molecular weight excluding hydrogens is 258 g/mol. The average Bonchev–Trinajstić information content (AvgIpc) is 2.20. The number of benzene rings is 1. The van der Waals surface area contributed by atoms with Crippen LogP contribution in [0.25, 0.3) is 0 Å². The van der Waals surface area contributed by atoms with Crippen LogP contribution in [-0.2, 0) is 4.79 Å². The van der Waals surface area contributed by atoms with Crippen LogP contribution < -0.4 is 5.32 Å². The minimum absolute atomic E-state index is 0.0829. The Labute approximate surface area is 97.6 Å². The van der Waals surface area contributed by atoms with Gasteiger partial charge < -0.3 is 10.4 Å². The fourth-order valence-corrected chi connectivity index (χ4v) is 1.32. The number of rotatable bonds is 3. The molecule has 15 heavy (non-hydrogen) atoms. The lowest BCUT2D eigenvalue weighted by Gasteiger charge is -2.14. The van der Waals surface area contributed by atoms with Crippen LogP contribution in [0.1, 0.15) is 13.8 Å². The molecule has 0 radical (unpaired) electrons. The Bertz CT molecular complexity index is 335. The highest BCUT2D eigenvalue weighted by molar-refractivity contribution is 9.10. The molecule has 1 amide bonds. The van der Waals surface area contributed by atoms with Crippen molar-refractivity contribution < 1.29 is 9.90 Å². The van der Waals surface area contributed by atoms with E-state index in [2.05, 4.69) is 21.2 Å². The zero-order valence-electron chi connectivity index (χ0n) is 8.70. The summed E-state index contributed by atoms with van der Waals surface area (Å²) in [6, 6.07) is 7.21. The maximum atomic E-state index is 11.5. The summed E-state index contributed by atoms with van der Waals surface area (Å²) in [5, 5.41) is 12.1. The van der Waals surface area contributed by atoms with Crippen molar-refractivity contribution in [3.63, 3.8) is 0 Å². The van der Waals surface area contributed by atoms with E-state index in [1.54, 1.807) is 26.0 Å². The number of aliphatic hydroxyl groups excluding tert-OH is 1. The van der Waals surface area contributed by atoms with Gasteiger partial charge in [-0.15, -0.1) is 0 Å². The summed E-state index contributed by atoms with van der Waals surface area (Å²) < 4.78 is 0.949. The van der Waals surface area contributed by atoms with E-state index in [1.165, 1.54) is 0 Å². The van der Waals surface area contributed by atoms with E-state index in [9.17, 15) is 9.90 Å². The SMILES string of the molecule is CC(C)C(O)C(=O)Nc1ccc(Br)cc1. The monoisotopic (exact) mass is 271 g/mol. The second-order valence-electron chi connectivity index (χ2n) is 3.68. The molecule has 1 aromatic carbocycles. The molecule has 0 fully saturated rings. The molecule has 4 heteroatoms. The average molecular weight is 272 g/mol. The largest absolute Gasteiger partial charge is 0.383 e. The van der Waals surface area contributed by atoms with Gasteiger partial charge in [-0.1, -0.05) is 29.8 Å². The van der Waals surface area contributed by atoms with Crippen LogP contribution in [-0.4, -0.2) is 17.1 Å². The van der Waals surface area contributed by atoms with E-state index in [-0.39, 0.29) is 11.8 Å². The highest BCUT2D eigenvalue weighted by Gasteiger charge is 2.18. The third-order valence-corrected chi connectivity index (χ3v) is 2.54. The van der Waals surface area contributed by atoms with Gasteiger partial charge in [-0.05, 0) is 30.2 Å². The molecule has 0 heterocycles. The molecule has 0 aliphatic heterocycles. The van der Waals surface area contributed by atoms with Crippen molar-refractivity contribution in [2.24, 2.45) is 5.92 Å². The third kappa shape index (κ3) is 3.64. The molecule has 0 aliphatic rings. The number of aliphatic hydroxyl groups is 1. The Morgan fingerprint density at radius 3 is 2.33 bits per heavy atom. The van der Waals surface area contributed by atoms with Crippen molar-refractivity contribution in [1.29, 1.82) is 0 Å². The summed E-state index contributed by atoms with van der Waals surface area (Å²) in [4.78, 5) is 11.5. The Kier molecular flexibility index (Phi) is 4.29. The van der Waals surface area contributed by atoms with Crippen LogP contribution in [0.3, 0.4) is 0 Å². The van der Waals surface area contributed by atoms with Crippen LogP contribution in [0.15, 0.2) is 28.7 Å². The van der Waals surface area contributed by atoms with Crippen molar-refractivity contribution in [3.05, 3.63) is 28.7 Å². The number of halogens is 1. The summed E-state index contributed by atoms with van der Waals surface area (Å²) in [6.45, 7) is 3.59. The fourth-order valence-electron chi connectivity index (χ4n) is 1.05. The van der Waals surface area contributed by atoms with E-state index in [4.69, 9.17) is 0 Å². The minimum Gasteiger partial charge on any atom is -0.383 e. The lowest BCUT2D eigenvalue weighted by molar-refractivity contribution is -0.125. The van der Waals surface area contributed by atoms with E-state index >= 15 is 0 Å². The first-order valence-corrected chi connectivity index (χ1v) is 5.54. The van der Waals surface area contributed by atoms with Gasteiger partial charge in [0, 0.05) is 10.2 Å². The van der Waals surface area contributed by atoms with Crippen LogP contribution >= 0.6 is 15.9 Å². The lowest BCUT2D eigenvalue weighted by atomic mass is 10.1. The number of carbonyl (C=O) groups is 1. The summed E-state index contributed by atoms with van der Waals surface area (Å²) >= 11 is 3.30. The predicted molar refractivity (Wildman–Crippen MR) is 63.6 cm³/mol. The summed E-state index contributed by atoms with van der Waals surface area (Å²) in [6.07, 6.45) is -0.964. The second-order valence-corrected chi connectivity index (χ2v) is 4.60. The van der Waals surface area contributed by atoms with Gasteiger partial charge in [0.1, 0.15) is 6.10 Å². The van der Waals surface area contributed by atoms with Crippen LogP contribution in [0, 0.1) is 5.92 Å². The quantitative estimate of drug-likeness (QED) is 0.887. The molecular formula is C11H14BrNO2. The van der Waals surface area contributed by atoms with Gasteiger partial charge in [0.2, 0.25) is 0 Å². The molecule has 0 aromatic heterocycles. The van der Waals surface area contributed by atoms with Crippen LogP contribution in [0.4, 0.5) is 5.69 Å². The van der Waals surface area contributed by atoms with Gasteiger partial charge >= 0.3 is 0 Å². The molecule has 2 N–H and O–H groups in total. The van der Waals surface area contributed by atoms with E-state index < -0.39 is 6.10 Å². The van der Waals surface area contributed by atoms with E-state index in [1.807, 2.05) is 12.1 Å². The number of amides is 1. The van der Waals surface area contributed by atoms with Gasteiger partial charge in [0.05, 0.1) is 0 Å². The summed E-state index contributed by atoms with van der Waals surface area (Å²) in [7, 11) is 0. The number of hydrogen-bond acceptors (Lipinski definition) is 2. The third-order valence-electron chi connectivity index (χ3n) is 2.01. The van der Waals surface area contributed by atoms with E-state index in [0.717, 1.165) is 4.47 Å². The highest BCUT2D eigenvalue weighted by atomic mass is 79.9. The van der Waals surface area contributed by atoms with Crippen molar-refractivity contribution in [2.75, 3.05) is 5.32 Å². The van der Waals surface area contributed by atoms with Crippen molar-refractivity contribution in [1.82, 2.24) is 0 Å². The molecule has 1 atom stereocenters. The fraction of sp³-hybridized carbons (Fsp3) is 0.364. The highest BCUT2D eigenvalue weighted by Crippen LogP contribution is 2.14. The standard InChI is InChI=1S/C11H14BrNO2/c1-7(2)10(14)11(15)13-9-5-3-8(12)4-6-9/h3-7,10,14H,1-2H3,(H,13,15). The molecule has 1 rings (SSSR count). The first kappa shape index (κ1) is 12.2. The Hall–Kier alpha value is -0.870. The van der Waals surface area contributed by atoms with E-state index in [0.29, 0.717) is 5.69 Å². The first-order chi connectivity index (χ1) is 7.00. The Morgan fingerprint density at radius 1 is 1.33 bits per heavy atom. The Balaban J connectivity index is 2.62. The first-order valence-electron chi connectivity index (χ1n) is 4.75. The maximum absolute atomic E-state index is 11.5. The van der Waals surface area contributed by atoms with Crippen molar-refractivity contribution in [2.45, 2.75) is 20.0 Å². The molecule has 0 saturated heterocycles. The van der Waals surface area contributed by atoms with Crippen LogP contribution in [0.5, 0.6) is 0 Å². The molecule has 82 valence electrons. The van der Waals surface area contributed by atoms with Gasteiger partial charge in [-0.3, -0.25) is 4.79 Å². The molecule has 0 spiro atoms. The smallest absolute Gasteiger partial charge is 0.253 e. The van der Waals surface area contributed by atoms with Crippen molar-refractivity contribution in [3.8, 4) is 0 Å². The normalized spacial score (nSPS) is 12.6. The topological polar surface area (TPSA) is 49.3 Å². The van der Waals surface area contributed by atoms with Gasteiger partial charge in [0.15, 0.2) is 0 Å². The molecule has 0 saturated carbocycles. The second kappa shape index (κ2) is 5.28. The van der Waals surface area contributed by atoms with Crippen LogP contribution in [0.2, 0.25) is 0 Å². The van der Waals surface area contributed by atoms with Gasteiger partial charge in [-0.2, -0.15) is 0 Å². The maximum Gasteiger partial charge on any atom is 0.253 e. The molecule has 1 aromatic rings. The molecule has 0 bridgehead atoms. The zero-order chi connectivity index (χ0) is 11.4. The zero-order valence-corrected chi connectivity index (χ0v) is 10.3. The number of nitrogens with one attached hydrogen (secondary N) is 1. The summed E-state index contributed by atoms with van der Waals surface area (Å²) in [5.74, 6) is -0.451. The summed E-state index contributed by atoms with van der Waals surface area (Å²) in [5.41, 5.74) is 0.683.